The van der Waals surface area contributed by atoms with Crippen molar-refractivity contribution in [3.05, 3.63) is 24.3 Å². The van der Waals surface area contributed by atoms with E-state index in [-0.39, 0.29) is 41.9 Å². The van der Waals surface area contributed by atoms with E-state index in [1.165, 1.54) is 5.01 Å². The van der Waals surface area contributed by atoms with E-state index in [4.69, 9.17) is 0 Å². The van der Waals surface area contributed by atoms with Crippen molar-refractivity contribution in [2.45, 2.75) is 32.2 Å². The highest BCUT2D eigenvalue weighted by Gasteiger charge is 2.37. The molecule has 9 nitrogen and oxygen atoms in total. The number of hydrogen-bond acceptors (Lipinski definition) is 7. The molecule has 0 unspecified atom stereocenters. The van der Waals surface area contributed by atoms with E-state index in [2.05, 4.69) is 27.1 Å². The molecule has 0 saturated carbocycles. The first-order chi connectivity index (χ1) is 14.8. The molecule has 1 aromatic rings. The average Bonchev–Trinajstić information content (AvgIpc) is 3.14. The van der Waals surface area contributed by atoms with E-state index >= 15 is 0 Å². The molecule has 2 amide bonds. The lowest BCUT2D eigenvalue weighted by atomic mass is 10.1. The van der Waals surface area contributed by atoms with E-state index < -0.39 is 15.9 Å². The molecule has 0 aliphatic carbocycles. The Balaban J connectivity index is 1.38. The molecule has 3 aliphatic heterocycles. The summed E-state index contributed by atoms with van der Waals surface area (Å²) in [6.45, 7) is 7.31. The van der Waals surface area contributed by atoms with Crippen LogP contribution in [0.4, 0.5) is 11.4 Å². The van der Waals surface area contributed by atoms with Gasteiger partial charge in [0, 0.05) is 50.4 Å². The summed E-state index contributed by atoms with van der Waals surface area (Å²) in [5.74, 6) is -0.627. The predicted molar refractivity (Wildman–Crippen MR) is 120 cm³/mol. The van der Waals surface area contributed by atoms with E-state index in [0.29, 0.717) is 12.1 Å². The summed E-state index contributed by atoms with van der Waals surface area (Å²) in [6, 6.07) is 7.26. The second-order valence-electron chi connectivity index (χ2n) is 8.26. The Hall–Kier alpha value is -2.46. The van der Waals surface area contributed by atoms with Crippen molar-refractivity contribution in [3.63, 3.8) is 0 Å². The van der Waals surface area contributed by atoms with Gasteiger partial charge in [0.25, 0.3) is 5.91 Å². The number of amides is 2. The zero-order valence-electron chi connectivity index (χ0n) is 17.8. The van der Waals surface area contributed by atoms with Crippen LogP contribution in [0.2, 0.25) is 0 Å². The average molecular weight is 448 g/mol. The van der Waals surface area contributed by atoms with Gasteiger partial charge in [-0.25, -0.2) is 13.4 Å². The fraction of sp³-hybridized carbons (Fsp3) is 0.571. The molecule has 168 valence electrons. The summed E-state index contributed by atoms with van der Waals surface area (Å²) >= 11 is 0. The Morgan fingerprint density at radius 1 is 1.13 bits per heavy atom. The minimum Gasteiger partial charge on any atom is -0.369 e. The van der Waals surface area contributed by atoms with E-state index in [0.717, 1.165) is 38.4 Å². The molecule has 1 N–H and O–H groups in total. The van der Waals surface area contributed by atoms with Crippen LogP contribution < -0.4 is 10.2 Å². The van der Waals surface area contributed by atoms with Crippen LogP contribution >= 0.6 is 0 Å². The van der Waals surface area contributed by atoms with Gasteiger partial charge in [0.1, 0.15) is 5.71 Å². The molecule has 3 aliphatic rings. The van der Waals surface area contributed by atoms with Crippen LogP contribution in [0.5, 0.6) is 0 Å². The lowest BCUT2D eigenvalue weighted by Gasteiger charge is -2.35. The van der Waals surface area contributed by atoms with Gasteiger partial charge in [-0.2, -0.15) is 5.10 Å². The Labute approximate surface area is 183 Å². The number of nitrogens with one attached hydrogen (secondary N) is 1. The van der Waals surface area contributed by atoms with Crippen molar-refractivity contribution in [2.24, 2.45) is 5.10 Å². The first-order valence-electron chi connectivity index (χ1n) is 10.8. The van der Waals surface area contributed by atoms with Crippen LogP contribution in [0, 0.1) is 0 Å². The van der Waals surface area contributed by atoms with Crippen molar-refractivity contribution in [1.29, 1.82) is 0 Å². The van der Waals surface area contributed by atoms with E-state index in [1.54, 1.807) is 0 Å². The molecule has 0 spiro atoms. The summed E-state index contributed by atoms with van der Waals surface area (Å²) in [5.41, 5.74) is 2.04. The van der Waals surface area contributed by atoms with Gasteiger partial charge in [-0.3, -0.25) is 9.59 Å². The first-order valence-corrected chi connectivity index (χ1v) is 12.7. The van der Waals surface area contributed by atoms with E-state index in [9.17, 15) is 18.0 Å². The summed E-state index contributed by atoms with van der Waals surface area (Å²) in [5, 5.41) is 8.28. The second-order valence-corrected chi connectivity index (χ2v) is 10.5. The molecule has 4 rings (SSSR count). The van der Waals surface area contributed by atoms with Gasteiger partial charge in [-0.05, 0) is 37.2 Å². The van der Waals surface area contributed by atoms with E-state index in [1.807, 2.05) is 24.3 Å². The number of carbonyl (C=O) groups excluding carboxylic acids is 2. The van der Waals surface area contributed by atoms with Crippen LogP contribution in [0.1, 0.15) is 26.2 Å². The van der Waals surface area contributed by atoms with Crippen LogP contribution in [0.3, 0.4) is 0 Å². The number of hydrogen-bond donors (Lipinski definition) is 1. The standard InChI is InChI=1S/C21H29N5O4S/c1-2-24-10-12-25(13-11-24)17-5-3-16(4-6-17)22-21(28)19-7-8-20(27)26(23-19)18-9-14-31(29,30)15-18/h3-6,18H,2,7-15H2,1H3,(H,22,28)/t18-/m0/s1. The maximum atomic E-state index is 12.7. The zero-order chi connectivity index (χ0) is 22.0. The number of carbonyl (C=O) groups is 2. The highest BCUT2D eigenvalue weighted by molar-refractivity contribution is 7.91. The van der Waals surface area contributed by atoms with Gasteiger partial charge < -0.3 is 15.1 Å². The monoisotopic (exact) mass is 447 g/mol. The summed E-state index contributed by atoms with van der Waals surface area (Å²) < 4.78 is 23.5. The molecule has 0 aromatic heterocycles. The molecule has 1 aromatic carbocycles. The smallest absolute Gasteiger partial charge is 0.271 e. The highest BCUT2D eigenvalue weighted by atomic mass is 32.2. The quantitative estimate of drug-likeness (QED) is 0.721. The largest absolute Gasteiger partial charge is 0.369 e. The van der Waals surface area contributed by atoms with Gasteiger partial charge in [0.2, 0.25) is 5.91 Å². The van der Waals surface area contributed by atoms with Crippen molar-refractivity contribution >= 4 is 38.7 Å². The third-order valence-corrected chi connectivity index (χ3v) is 7.94. The normalized spacial score (nSPS) is 24.2. The number of benzene rings is 1. The van der Waals surface area contributed by atoms with Crippen LogP contribution in [-0.2, 0) is 19.4 Å². The van der Waals surface area contributed by atoms with Crippen molar-refractivity contribution in [3.8, 4) is 0 Å². The third kappa shape index (κ3) is 5.07. The highest BCUT2D eigenvalue weighted by Crippen LogP contribution is 2.23. The van der Waals surface area contributed by atoms with Gasteiger partial charge >= 0.3 is 0 Å². The molecular weight excluding hydrogens is 418 g/mol. The Bertz CT molecular complexity index is 968. The molecular formula is C21H29N5O4S. The van der Waals surface area contributed by atoms with Crippen molar-refractivity contribution in [2.75, 3.05) is 54.4 Å². The fourth-order valence-electron chi connectivity index (χ4n) is 4.27. The molecule has 0 bridgehead atoms. The van der Waals surface area contributed by atoms with Crippen LogP contribution in [0.25, 0.3) is 0 Å². The number of likely N-dealkylation sites (N-methyl/N-ethyl adjacent to an activating group) is 1. The molecule has 1 atom stereocenters. The van der Waals surface area contributed by atoms with Gasteiger partial charge in [0.05, 0.1) is 17.5 Å². The van der Waals surface area contributed by atoms with Crippen molar-refractivity contribution in [1.82, 2.24) is 9.91 Å². The van der Waals surface area contributed by atoms with Gasteiger partial charge in [-0.1, -0.05) is 6.92 Å². The molecule has 31 heavy (non-hydrogen) atoms. The summed E-state index contributed by atoms with van der Waals surface area (Å²) in [4.78, 5) is 29.7. The Morgan fingerprint density at radius 3 is 2.45 bits per heavy atom. The zero-order valence-corrected chi connectivity index (χ0v) is 18.6. The fourth-order valence-corrected chi connectivity index (χ4v) is 5.96. The number of sulfone groups is 1. The SMILES string of the molecule is CCN1CCN(c2ccc(NC(=O)C3=NN([C@H]4CCS(=O)(=O)C4)C(=O)CC3)cc2)CC1. The minimum absolute atomic E-state index is 0.0539. The van der Waals surface area contributed by atoms with Gasteiger partial charge in [0.15, 0.2) is 9.84 Å². The minimum atomic E-state index is -3.14. The van der Waals surface area contributed by atoms with Crippen LogP contribution in [-0.4, -0.2) is 86.1 Å². The summed E-state index contributed by atoms with van der Waals surface area (Å²) in [7, 11) is -3.14. The number of nitrogens with zero attached hydrogens (tertiary/aromatic N) is 4. The Kier molecular flexibility index (Phi) is 6.29. The topological polar surface area (TPSA) is 102 Å². The van der Waals surface area contributed by atoms with Crippen LogP contribution in [0.15, 0.2) is 29.4 Å². The molecule has 3 heterocycles. The molecule has 2 saturated heterocycles. The molecule has 0 radical (unpaired) electrons. The molecule has 2 fully saturated rings. The van der Waals surface area contributed by atoms with Crippen molar-refractivity contribution < 1.29 is 18.0 Å². The second kappa shape index (κ2) is 8.96. The predicted octanol–water partition coefficient (Wildman–Crippen LogP) is 0.933. The maximum absolute atomic E-state index is 12.7. The summed E-state index contributed by atoms with van der Waals surface area (Å²) in [6.07, 6.45) is 0.770. The Morgan fingerprint density at radius 2 is 1.84 bits per heavy atom. The first kappa shape index (κ1) is 21.8. The third-order valence-electron chi connectivity index (χ3n) is 6.19. The maximum Gasteiger partial charge on any atom is 0.271 e. The molecule has 10 heteroatoms. The lowest BCUT2D eigenvalue weighted by molar-refractivity contribution is -0.133. The lowest BCUT2D eigenvalue weighted by Crippen LogP contribution is -2.46. The number of piperazine rings is 1. The number of rotatable bonds is 5. The van der Waals surface area contributed by atoms with Gasteiger partial charge in [-0.15, -0.1) is 0 Å². The number of anilines is 2. The number of hydrazone groups is 1.